The molecule has 1 unspecified atom stereocenters. The van der Waals surface area contributed by atoms with Gasteiger partial charge in [0.1, 0.15) is 18.2 Å². The molecule has 0 fully saturated rings. The molecule has 4 nitrogen and oxygen atoms in total. The molecular formula is C22H25N3O. The standard InChI is InChI=1S/C22H25N3O/c1-16-13-21(25-12-11-23-17(25)2)10-8-19(16)14-24-20-9-7-18-5-3-4-6-22(18)26-15-20/h3-6,8,10-13,20,24H,7,9,14-15H2,1-2H3. The molecule has 0 spiro atoms. The van der Waals surface area contributed by atoms with Crippen LogP contribution in [0.25, 0.3) is 5.69 Å². The lowest BCUT2D eigenvalue weighted by atomic mass is 10.0. The van der Waals surface area contributed by atoms with Crippen molar-refractivity contribution in [2.45, 2.75) is 39.3 Å². The average Bonchev–Trinajstić information content (AvgIpc) is 2.97. The average molecular weight is 347 g/mol. The first-order valence-electron chi connectivity index (χ1n) is 9.24. The summed E-state index contributed by atoms with van der Waals surface area (Å²) in [7, 11) is 0. The Kier molecular flexibility index (Phi) is 4.76. The number of fused-ring (bicyclic) bond motifs is 1. The van der Waals surface area contributed by atoms with Crippen LogP contribution in [0.3, 0.4) is 0 Å². The van der Waals surface area contributed by atoms with E-state index >= 15 is 0 Å². The summed E-state index contributed by atoms with van der Waals surface area (Å²) in [5, 5.41) is 3.68. The van der Waals surface area contributed by atoms with Gasteiger partial charge in [-0.1, -0.05) is 24.3 Å². The van der Waals surface area contributed by atoms with Gasteiger partial charge >= 0.3 is 0 Å². The van der Waals surface area contributed by atoms with Gasteiger partial charge in [-0.3, -0.25) is 0 Å². The largest absolute Gasteiger partial charge is 0.492 e. The van der Waals surface area contributed by atoms with Crippen LogP contribution < -0.4 is 10.1 Å². The minimum Gasteiger partial charge on any atom is -0.492 e. The van der Waals surface area contributed by atoms with Crippen LogP contribution in [0.1, 0.15) is 28.9 Å². The Labute approximate surface area is 154 Å². The fourth-order valence-electron chi connectivity index (χ4n) is 3.55. The Balaban J connectivity index is 1.40. The summed E-state index contributed by atoms with van der Waals surface area (Å²) < 4.78 is 8.10. The second-order valence-electron chi connectivity index (χ2n) is 6.99. The van der Waals surface area contributed by atoms with E-state index in [-0.39, 0.29) is 0 Å². The number of aryl methyl sites for hydroxylation is 3. The zero-order valence-corrected chi connectivity index (χ0v) is 15.4. The van der Waals surface area contributed by atoms with Crippen LogP contribution in [-0.4, -0.2) is 22.2 Å². The highest BCUT2D eigenvalue weighted by Gasteiger charge is 2.16. The molecule has 134 valence electrons. The third-order valence-corrected chi connectivity index (χ3v) is 5.19. The normalized spacial score (nSPS) is 16.6. The van der Waals surface area contributed by atoms with Crippen molar-refractivity contribution in [2.24, 2.45) is 0 Å². The molecule has 0 saturated carbocycles. The zero-order chi connectivity index (χ0) is 17.9. The Morgan fingerprint density at radius 1 is 1.19 bits per heavy atom. The van der Waals surface area contributed by atoms with Gasteiger partial charge in [0.2, 0.25) is 0 Å². The van der Waals surface area contributed by atoms with Crippen molar-refractivity contribution in [1.82, 2.24) is 14.9 Å². The molecule has 1 N–H and O–H groups in total. The summed E-state index contributed by atoms with van der Waals surface area (Å²) in [6.07, 6.45) is 6.00. The third-order valence-electron chi connectivity index (χ3n) is 5.19. The van der Waals surface area contributed by atoms with Crippen LogP contribution in [0.4, 0.5) is 0 Å². The van der Waals surface area contributed by atoms with Crippen molar-refractivity contribution < 1.29 is 4.74 Å². The van der Waals surface area contributed by atoms with Crippen molar-refractivity contribution in [3.63, 3.8) is 0 Å². The zero-order valence-electron chi connectivity index (χ0n) is 15.4. The molecule has 0 amide bonds. The van der Waals surface area contributed by atoms with Crippen molar-refractivity contribution in [3.05, 3.63) is 77.4 Å². The van der Waals surface area contributed by atoms with Crippen molar-refractivity contribution in [2.75, 3.05) is 6.61 Å². The third kappa shape index (κ3) is 3.51. The van der Waals surface area contributed by atoms with Crippen LogP contribution >= 0.6 is 0 Å². The van der Waals surface area contributed by atoms with Gasteiger partial charge in [0.05, 0.1) is 0 Å². The first kappa shape index (κ1) is 16.9. The molecule has 4 heteroatoms. The number of benzene rings is 2. The molecule has 1 atom stereocenters. The van der Waals surface area contributed by atoms with E-state index in [1.54, 1.807) is 0 Å². The fourth-order valence-corrected chi connectivity index (χ4v) is 3.55. The minimum atomic E-state index is 0.373. The number of hydrogen-bond donors (Lipinski definition) is 1. The molecule has 0 radical (unpaired) electrons. The summed E-state index contributed by atoms with van der Waals surface area (Å²) in [6, 6.07) is 15.3. The van der Waals surface area contributed by atoms with Crippen LogP contribution in [-0.2, 0) is 13.0 Å². The van der Waals surface area contributed by atoms with Gasteiger partial charge in [-0.05, 0) is 61.6 Å². The van der Waals surface area contributed by atoms with Crippen molar-refractivity contribution in [1.29, 1.82) is 0 Å². The van der Waals surface area contributed by atoms with E-state index in [4.69, 9.17) is 4.74 Å². The maximum atomic E-state index is 5.99. The molecule has 2 heterocycles. The van der Waals surface area contributed by atoms with E-state index < -0.39 is 0 Å². The molecule has 0 aliphatic carbocycles. The van der Waals surface area contributed by atoms with Gasteiger partial charge in [0, 0.05) is 30.7 Å². The van der Waals surface area contributed by atoms with E-state index in [2.05, 4.69) is 58.2 Å². The number of imidazole rings is 1. The van der Waals surface area contributed by atoms with E-state index in [1.807, 2.05) is 25.4 Å². The number of rotatable bonds is 4. The lowest BCUT2D eigenvalue weighted by Crippen LogP contribution is -2.33. The first-order chi connectivity index (χ1) is 12.7. The van der Waals surface area contributed by atoms with Crippen LogP contribution in [0, 0.1) is 13.8 Å². The molecule has 0 bridgehead atoms. The van der Waals surface area contributed by atoms with E-state index in [1.165, 1.54) is 16.7 Å². The number of aromatic nitrogens is 2. The Bertz CT molecular complexity index is 873. The summed E-state index contributed by atoms with van der Waals surface area (Å²) in [5.74, 6) is 2.04. The molecule has 3 aromatic rings. The maximum absolute atomic E-state index is 5.99. The van der Waals surface area contributed by atoms with Gasteiger partial charge in [-0.25, -0.2) is 4.98 Å². The second kappa shape index (κ2) is 7.34. The Morgan fingerprint density at radius 2 is 2.08 bits per heavy atom. The van der Waals surface area contributed by atoms with Gasteiger partial charge in [0.15, 0.2) is 0 Å². The highest BCUT2D eigenvalue weighted by Crippen LogP contribution is 2.24. The summed E-state index contributed by atoms with van der Waals surface area (Å²) in [6.45, 7) is 5.78. The van der Waals surface area contributed by atoms with Gasteiger partial charge < -0.3 is 14.6 Å². The number of ether oxygens (including phenoxy) is 1. The van der Waals surface area contributed by atoms with Crippen molar-refractivity contribution in [3.8, 4) is 11.4 Å². The molecule has 1 aliphatic rings. The molecule has 1 aliphatic heterocycles. The predicted octanol–water partition coefficient (Wildman–Crippen LogP) is 3.97. The monoisotopic (exact) mass is 347 g/mol. The summed E-state index contributed by atoms with van der Waals surface area (Å²) >= 11 is 0. The molecule has 1 aromatic heterocycles. The molecule has 2 aromatic carbocycles. The lowest BCUT2D eigenvalue weighted by molar-refractivity contribution is 0.267. The van der Waals surface area contributed by atoms with Crippen molar-refractivity contribution >= 4 is 0 Å². The summed E-state index contributed by atoms with van der Waals surface area (Å²) in [4.78, 5) is 4.31. The van der Waals surface area contributed by atoms with Gasteiger partial charge in [0.25, 0.3) is 0 Å². The van der Waals surface area contributed by atoms with Crippen LogP contribution in [0.5, 0.6) is 5.75 Å². The van der Waals surface area contributed by atoms with E-state index in [0.29, 0.717) is 6.04 Å². The van der Waals surface area contributed by atoms with Crippen LogP contribution in [0.2, 0.25) is 0 Å². The number of nitrogens with zero attached hydrogens (tertiary/aromatic N) is 2. The molecule has 0 saturated heterocycles. The van der Waals surface area contributed by atoms with E-state index in [0.717, 1.165) is 43.3 Å². The lowest BCUT2D eigenvalue weighted by Gasteiger charge is -2.17. The van der Waals surface area contributed by atoms with Crippen LogP contribution in [0.15, 0.2) is 54.9 Å². The Hall–Kier alpha value is -2.59. The summed E-state index contributed by atoms with van der Waals surface area (Å²) in [5.41, 5.74) is 5.09. The van der Waals surface area contributed by atoms with Gasteiger partial charge in [-0.2, -0.15) is 0 Å². The molecule has 26 heavy (non-hydrogen) atoms. The minimum absolute atomic E-state index is 0.373. The first-order valence-corrected chi connectivity index (χ1v) is 9.24. The van der Waals surface area contributed by atoms with E-state index in [9.17, 15) is 0 Å². The number of para-hydroxylation sites is 1. The SMILES string of the molecule is Cc1cc(-n2ccnc2C)ccc1CNC1CCc2ccccc2OC1. The topological polar surface area (TPSA) is 39.1 Å². The number of hydrogen-bond acceptors (Lipinski definition) is 3. The fraction of sp³-hybridized carbons (Fsp3) is 0.318. The highest BCUT2D eigenvalue weighted by molar-refractivity contribution is 5.41. The molecular weight excluding hydrogens is 322 g/mol. The number of nitrogens with one attached hydrogen (secondary N) is 1. The quantitative estimate of drug-likeness (QED) is 0.776. The highest BCUT2D eigenvalue weighted by atomic mass is 16.5. The van der Waals surface area contributed by atoms with Gasteiger partial charge in [-0.15, -0.1) is 0 Å². The molecule has 4 rings (SSSR count). The Morgan fingerprint density at radius 3 is 2.88 bits per heavy atom. The smallest absolute Gasteiger partial charge is 0.122 e. The maximum Gasteiger partial charge on any atom is 0.122 e. The second-order valence-corrected chi connectivity index (χ2v) is 6.99. The predicted molar refractivity (Wildman–Crippen MR) is 104 cm³/mol.